The molecule has 0 aromatic carbocycles. The molecule has 0 atom stereocenters. The molecule has 7 heteroatoms. The van der Waals surface area contributed by atoms with Crippen LogP contribution in [0.2, 0.25) is 0 Å². The summed E-state index contributed by atoms with van der Waals surface area (Å²) in [6.07, 6.45) is -0.306. The van der Waals surface area contributed by atoms with Crippen LogP contribution in [0.4, 0.5) is 4.79 Å². The fraction of sp³-hybridized carbons (Fsp3) is 0.583. The van der Waals surface area contributed by atoms with Crippen molar-refractivity contribution in [3.63, 3.8) is 0 Å². The van der Waals surface area contributed by atoms with E-state index in [0.29, 0.717) is 38.5 Å². The number of carbonyl (C=O) groups is 2. The number of aryl methyl sites for hydroxylation is 1. The minimum atomic E-state index is -0.306. The van der Waals surface area contributed by atoms with Crippen molar-refractivity contribution < 1.29 is 14.3 Å². The summed E-state index contributed by atoms with van der Waals surface area (Å²) >= 11 is 1.33. The summed E-state index contributed by atoms with van der Waals surface area (Å²) in [5.74, 6) is -0.0622. The standard InChI is InChI=1S/C12H17N3O3S/c1-3-18-12(17)15-6-4-14(5-7-15)11(16)10-8-9(2)19-13-10/h8H,3-7H2,1-2H3. The zero-order valence-corrected chi connectivity index (χ0v) is 11.9. The number of amides is 2. The lowest BCUT2D eigenvalue weighted by Crippen LogP contribution is -2.50. The SMILES string of the molecule is CCOC(=O)N1CCN(C(=O)c2cc(C)sn2)CC1. The van der Waals surface area contributed by atoms with Gasteiger partial charge >= 0.3 is 6.09 Å². The van der Waals surface area contributed by atoms with Gasteiger partial charge in [0.1, 0.15) is 5.69 Å². The van der Waals surface area contributed by atoms with E-state index in [-0.39, 0.29) is 12.0 Å². The summed E-state index contributed by atoms with van der Waals surface area (Å²) in [4.78, 5) is 28.1. The molecule has 2 amide bonds. The number of nitrogens with zero attached hydrogens (tertiary/aromatic N) is 3. The molecule has 1 aliphatic rings. The highest BCUT2D eigenvalue weighted by atomic mass is 32.1. The number of aromatic nitrogens is 1. The van der Waals surface area contributed by atoms with Crippen molar-refractivity contribution in [3.05, 3.63) is 16.6 Å². The monoisotopic (exact) mass is 283 g/mol. The summed E-state index contributed by atoms with van der Waals surface area (Å²) in [5.41, 5.74) is 0.493. The van der Waals surface area contributed by atoms with E-state index in [1.54, 1.807) is 22.8 Å². The van der Waals surface area contributed by atoms with E-state index in [4.69, 9.17) is 4.74 Å². The number of carbonyl (C=O) groups excluding carboxylic acids is 2. The molecule has 0 radical (unpaired) electrons. The maximum absolute atomic E-state index is 12.2. The summed E-state index contributed by atoms with van der Waals surface area (Å²) in [5, 5.41) is 0. The van der Waals surface area contributed by atoms with Crippen LogP contribution in [-0.2, 0) is 4.74 Å². The number of hydrogen-bond donors (Lipinski definition) is 0. The maximum Gasteiger partial charge on any atom is 0.409 e. The van der Waals surface area contributed by atoms with Gasteiger partial charge in [-0.25, -0.2) is 4.79 Å². The molecule has 0 N–H and O–H groups in total. The van der Waals surface area contributed by atoms with Gasteiger partial charge in [0.2, 0.25) is 0 Å². The van der Waals surface area contributed by atoms with Gasteiger partial charge in [0.25, 0.3) is 5.91 Å². The Bertz CT molecular complexity index is 467. The van der Waals surface area contributed by atoms with Crippen LogP contribution in [-0.4, -0.2) is 59.0 Å². The van der Waals surface area contributed by atoms with Crippen LogP contribution in [0, 0.1) is 6.92 Å². The summed E-state index contributed by atoms with van der Waals surface area (Å²) in [6, 6.07) is 1.80. The van der Waals surface area contributed by atoms with Crippen molar-refractivity contribution in [2.45, 2.75) is 13.8 Å². The minimum absolute atomic E-state index is 0.0622. The molecule has 104 valence electrons. The fourth-order valence-electron chi connectivity index (χ4n) is 1.94. The van der Waals surface area contributed by atoms with Gasteiger partial charge < -0.3 is 14.5 Å². The third-order valence-corrected chi connectivity index (χ3v) is 3.63. The van der Waals surface area contributed by atoms with E-state index in [1.807, 2.05) is 6.92 Å². The van der Waals surface area contributed by atoms with Crippen molar-refractivity contribution in [1.82, 2.24) is 14.2 Å². The van der Waals surface area contributed by atoms with Crippen LogP contribution in [0.3, 0.4) is 0 Å². The Balaban J connectivity index is 1.89. The maximum atomic E-state index is 12.2. The number of rotatable bonds is 2. The third kappa shape index (κ3) is 3.23. The quantitative estimate of drug-likeness (QED) is 0.822. The Kier molecular flexibility index (Phi) is 4.36. The smallest absolute Gasteiger partial charge is 0.409 e. The third-order valence-electron chi connectivity index (χ3n) is 2.94. The number of hydrogen-bond acceptors (Lipinski definition) is 5. The second-order valence-corrected chi connectivity index (χ2v) is 5.31. The van der Waals surface area contributed by atoms with Crippen LogP contribution < -0.4 is 0 Å². The highest BCUT2D eigenvalue weighted by molar-refractivity contribution is 7.05. The lowest BCUT2D eigenvalue weighted by atomic mass is 10.3. The predicted molar refractivity (Wildman–Crippen MR) is 71.3 cm³/mol. The normalized spacial score (nSPS) is 15.5. The molecule has 2 heterocycles. The van der Waals surface area contributed by atoms with E-state index < -0.39 is 0 Å². The summed E-state index contributed by atoms with van der Waals surface area (Å²) in [6.45, 7) is 6.13. The Hall–Kier alpha value is -1.63. The largest absolute Gasteiger partial charge is 0.450 e. The predicted octanol–water partition coefficient (Wildman–Crippen LogP) is 1.37. The van der Waals surface area contributed by atoms with Gasteiger partial charge in [-0.3, -0.25) is 4.79 Å². The molecule has 1 aromatic rings. The van der Waals surface area contributed by atoms with E-state index in [0.717, 1.165) is 4.88 Å². The second kappa shape index (κ2) is 6.01. The van der Waals surface area contributed by atoms with Crippen molar-refractivity contribution >= 4 is 23.5 Å². The van der Waals surface area contributed by atoms with Gasteiger partial charge in [-0.05, 0) is 31.4 Å². The van der Waals surface area contributed by atoms with Crippen molar-refractivity contribution in [2.24, 2.45) is 0 Å². The van der Waals surface area contributed by atoms with Gasteiger partial charge in [-0.15, -0.1) is 0 Å². The molecule has 0 saturated carbocycles. The van der Waals surface area contributed by atoms with Crippen LogP contribution >= 0.6 is 11.5 Å². The topological polar surface area (TPSA) is 62.7 Å². The van der Waals surface area contributed by atoms with E-state index in [9.17, 15) is 9.59 Å². The molecule has 1 fully saturated rings. The Morgan fingerprint density at radius 1 is 1.32 bits per heavy atom. The molecule has 1 aromatic heterocycles. The summed E-state index contributed by atoms with van der Waals surface area (Å²) in [7, 11) is 0. The number of ether oxygens (including phenoxy) is 1. The fourth-order valence-corrected chi connectivity index (χ4v) is 2.47. The molecular formula is C12H17N3O3S. The van der Waals surface area contributed by atoms with Crippen LogP contribution in [0.1, 0.15) is 22.3 Å². The molecule has 0 aliphatic carbocycles. The number of piperazine rings is 1. The first kappa shape index (κ1) is 13.8. The molecule has 6 nitrogen and oxygen atoms in total. The minimum Gasteiger partial charge on any atom is -0.450 e. The van der Waals surface area contributed by atoms with Gasteiger partial charge in [0, 0.05) is 31.1 Å². The van der Waals surface area contributed by atoms with Crippen LogP contribution in [0.15, 0.2) is 6.07 Å². The average molecular weight is 283 g/mol. The summed E-state index contributed by atoms with van der Waals surface area (Å²) < 4.78 is 9.06. The second-order valence-electron chi connectivity index (χ2n) is 4.30. The van der Waals surface area contributed by atoms with Crippen molar-refractivity contribution in [3.8, 4) is 0 Å². The Morgan fingerprint density at radius 3 is 2.47 bits per heavy atom. The molecular weight excluding hydrogens is 266 g/mol. The van der Waals surface area contributed by atoms with Crippen molar-refractivity contribution in [2.75, 3.05) is 32.8 Å². The van der Waals surface area contributed by atoms with Crippen LogP contribution in [0.25, 0.3) is 0 Å². The Labute approximate surface area is 116 Å². The average Bonchev–Trinajstić information content (AvgIpc) is 2.85. The molecule has 1 saturated heterocycles. The van der Waals surface area contributed by atoms with Crippen LogP contribution in [0.5, 0.6) is 0 Å². The molecule has 0 spiro atoms. The molecule has 0 bridgehead atoms. The molecule has 2 rings (SSSR count). The zero-order valence-electron chi connectivity index (χ0n) is 11.1. The van der Waals surface area contributed by atoms with Gasteiger partial charge in [0.05, 0.1) is 6.61 Å². The van der Waals surface area contributed by atoms with Crippen molar-refractivity contribution in [1.29, 1.82) is 0 Å². The van der Waals surface area contributed by atoms with Gasteiger partial charge in [0.15, 0.2) is 0 Å². The van der Waals surface area contributed by atoms with Gasteiger partial charge in [-0.2, -0.15) is 4.37 Å². The molecule has 1 aliphatic heterocycles. The lowest BCUT2D eigenvalue weighted by Gasteiger charge is -2.33. The first-order chi connectivity index (χ1) is 9.11. The first-order valence-electron chi connectivity index (χ1n) is 6.26. The molecule has 0 unspecified atom stereocenters. The highest BCUT2D eigenvalue weighted by Gasteiger charge is 2.26. The van der Waals surface area contributed by atoms with E-state index in [2.05, 4.69) is 4.37 Å². The highest BCUT2D eigenvalue weighted by Crippen LogP contribution is 2.12. The van der Waals surface area contributed by atoms with Gasteiger partial charge in [-0.1, -0.05) is 0 Å². The lowest BCUT2D eigenvalue weighted by molar-refractivity contribution is 0.0567. The molecule has 19 heavy (non-hydrogen) atoms. The van der Waals surface area contributed by atoms with E-state index in [1.165, 1.54) is 11.5 Å². The first-order valence-corrected chi connectivity index (χ1v) is 7.03. The zero-order chi connectivity index (χ0) is 13.8. The van der Waals surface area contributed by atoms with E-state index >= 15 is 0 Å². The Morgan fingerprint density at radius 2 is 1.95 bits per heavy atom.